The third kappa shape index (κ3) is 1.62. The Labute approximate surface area is 78.3 Å². The van der Waals surface area contributed by atoms with Crippen LogP contribution in [0.4, 0.5) is 0 Å². The van der Waals surface area contributed by atoms with Crippen molar-refractivity contribution in [1.82, 2.24) is 4.90 Å². The summed E-state index contributed by atoms with van der Waals surface area (Å²) in [5.41, 5.74) is 0. The Morgan fingerprint density at radius 1 is 1.54 bits per heavy atom. The van der Waals surface area contributed by atoms with Crippen molar-refractivity contribution in [3.8, 4) is 0 Å². The highest BCUT2D eigenvalue weighted by atomic mass is 16.5. The predicted molar refractivity (Wildman–Crippen MR) is 49.5 cm³/mol. The van der Waals surface area contributed by atoms with E-state index in [1.54, 1.807) is 6.26 Å². The van der Waals surface area contributed by atoms with E-state index in [1.807, 2.05) is 12.1 Å². The molecular weight excluding hydrogens is 166 g/mol. The average molecular weight is 181 g/mol. The second kappa shape index (κ2) is 3.52. The standard InChI is InChI=1S/C10H15NO2/c1-8(10-4-3-5-13-10)11(2)9-6-12-7-9/h3-5,8-9H,6-7H2,1-2H3. The summed E-state index contributed by atoms with van der Waals surface area (Å²) in [6.07, 6.45) is 1.72. The fraction of sp³-hybridized carbons (Fsp3) is 0.600. The second-order valence-electron chi connectivity index (χ2n) is 3.55. The van der Waals surface area contributed by atoms with Crippen molar-refractivity contribution in [2.24, 2.45) is 0 Å². The van der Waals surface area contributed by atoms with Gasteiger partial charge in [0.1, 0.15) is 5.76 Å². The van der Waals surface area contributed by atoms with E-state index in [2.05, 4.69) is 18.9 Å². The Hall–Kier alpha value is -0.800. The monoisotopic (exact) mass is 181 g/mol. The molecule has 1 aromatic heterocycles. The largest absolute Gasteiger partial charge is 0.468 e. The third-order valence-electron chi connectivity index (χ3n) is 2.76. The number of rotatable bonds is 3. The number of ether oxygens (including phenoxy) is 1. The van der Waals surface area contributed by atoms with E-state index < -0.39 is 0 Å². The van der Waals surface area contributed by atoms with Crippen LogP contribution >= 0.6 is 0 Å². The number of nitrogens with zero attached hydrogens (tertiary/aromatic N) is 1. The molecule has 3 heteroatoms. The summed E-state index contributed by atoms with van der Waals surface area (Å²) in [6.45, 7) is 3.85. The molecule has 0 N–H and O–H groups in total. The molecule has 0 saturated carbocycles. The molecule has 13 heavy (non-hydrogen) atoms. The molecule has 1 aliphatic heterocycles. The zero-order valence-electron chi connectivity index (χ0n) is 8.06. The first-order chi connectivity index (χ1) is 6.29. The van der Waals surface area contributed by atoms with Crippen molar-refractivity contribution >= 4 is 0 Å². The van der Waals surface area contributed by atoms with Gasteiger partial charge in [0, 0.05) is 0 Å². The minimum atomic E-state index is 0.337. The molecule has 72 valence electrons. The second-order valence-corrected chi connectivity index (χ2v) is 3.55. The van der Waals surface area contributed by atoms with E-state index >= 15 is 0 Å². The molecule has 1 aliphatic rings. The SMILES string of the molecule is CC(c1ccco1)N(C)C1COC1. The third-order valence-corrected chi connectivity index (χ3v) is 2.76. The Morgan fingerprint density at radius 3 is 2.77 bits per heavy atom. The number of hydrogen-bond donors (Lipinski definition) is 0. The van der Waals surface area contributed by atoms with Gasteiger partial charge in [0.25, 0.3) is 0 Å². The Morgan fingerprint density at radius 2 is 2.31 bits per heavy atom. The molecule has 0 bridgehead atoms. The summed E-state index contributed by atoms with van der Waals surface area (Å²) in [5, 5.41) is 0. The zero-order chi connectivity index (χ0) is 9.26. The van der Waals surface area contributed by atoms with Gasteiger partial charge in [-0.2, -0.15) is 0 Å². The maximum absolute atomic E-state index is 5.35. The average Bonchev–Trinajstić information content (AvgIpc) is 2.51. The van der Waals surface area contributed by atoms with Crippen molar-refractivity contribution in [1.29, 1.82) is 0 Å². The number of hydrogen-bond acceptors (Lipinski definition) is 3. The van der Waals surface area contributed by atoms with Gasteiger partial charge in [-0.3, -0.25) is 4.90 Å². The summed E-state index contributed by atoms with van der Waals surface area (Å²) >= 11 is 0. The smallest absolute Gasteiger partial charge is 0.120 e. The minimum absolute atomic E-state index is 0.337. The Bertz CT molecular complexity index is 254. The quantitative estimate of drug-likeness (QED) is 0.709. The van der Waals surface area contributed by atoms with Gasteiger partial charge in [-0.15, -0.1) is 0 Å². The highest BCUT2D eigenvalue weighted by molar-refractivity contribution is 5.04. The molecule has 1 fully saturated rings. The summed E-state index contributed by atoms with van der Waals surface area (Å²) in [6, 6.07) is 4.83. The Balaban J connectivity index is 1.99. The van der Waals surface area contributed by atoms with Crippen molar-refractivity contribution < 1.29 is 9.15 Å². The first-order valence-corrected chi connectivity index (χ1v) is 4.62. The lowest BCUT2D eigenvalue weighted by Crippen LogP contribution is -2.47. The van der Waals surface area contributed by atoms with Crippen LogP contribution in [0.5, 0.6) is 0 Å². The molecule has 2 rings (SSSR count). The van der Waals surface area contributed by atoms with E-state index in [1.165, 1.54) is 0 Å². The maximum Gasteiger partial charge on any atom is 0.120 e. The normalized spacial score (nSPS) is 20.2. The molecule has 2 heterocycles. The van der Waals surface area contributed by atoms with E-state index in [4.69, 9.17) is 9.15 Å². The molecule has 1 unspecified atom stereocenters. The lowest BCUT2D eigenvalue weighted by Gasteiger charge is -2.37. The number of likely N-dealkylation sites (N-methyl/N-ethyl adjacent to an activating group) is 1. The molecule has 0 spiro atoms. The summed E-state index contributed by atoms with van der Waals surface area (Å²) < 4.78 is 10.5. The van der Waals surface area contributed by atoms with Crippen molar-refractivity contribution in [2.45, 2.75) is 19.0 Å². The van der Waals surface area contributed by atoms with E-state index in [0.717, 1.165) is 19.0 Å². The fourth-order valence-electron chi connectivity index (χ4n) is 1.50. The van der Waals surface area contributed by atoms with Gasteiger partial charge in [0.2, 0.25) is 0 Å². The van der Waals surface area contributed by atoms with Gasteiger partial charge >= 0.3 is 0 Å². The molecule has 1 aromatic rings. The van der Waals surface area contributed by atoms with Gasteiger partial charge in [-0.05, 0) is 26.1 Å². The molecule has 0 radical (unpaired) electrons. The van der Waals surface area contributed by atoms with Crippen molar-refractivity contribution in [2.75, 3.05) is 20.3 Å². The Kier molecular flexibility index (Phi) is 2.38. The van der Waals surface area contributed by atoms with Crippen LogP contribution in [0.15, 0.2) is 22.8 Å². The lowest BCUT2D eigenvalue weighted by atomic mass is 10.1. The lowest BCUT2D eigenvalue weighted by molar-refractivity contribution is -0.0699. The van der Waals surface area contributed by atoms with Crippen LogP contribution in [0.1, 0.15) is 18.7 Å². The van der Waals surface area contributed by atoms with Crippen molar-refractivity contribution in [3.05, 3.63) is 24.2 Å². The van der Waals surface area contributed by atoms with E-state index in [0.29, 0.717) is 12.1 Å². The molecule has 0 amide bonds. The van der Waals surface area contributed by atoms with Crippen LogP contribution in [0.3, 0.4) is 0 Å². The van der Waals surface area contributed by atoms with Crippen LogP contribution in [0, 0.1) is 0 Å². The first kappa shape index (κ1) is 8.78. The molecule has 0 aliphatic carbocycles. The van der Waals surface area contributed by atoms with Crippen LogP contribution in [-0.2, 0) is 4.74 Å². The van der Waals surface area contributed by atoms with Gasteiger partial charge in [0.15, 0.2) is 0 Å². The first-order valence-electron chi connectivity index (χ1n) is 4.62. The molecular formula is C10H15NO2. The van der Waals surface area contributed by atoms with Gasteiger partial charge in [0.05, 0.1) is 31.6 Å². The fourth-order valence-corrected chi connectivity index (χ4v) is 1.50. The van der Waals surface area contributed by atoms with Gasteiger partial charge < -0.3 is 9.15 Å². The zero-order valence-corrected chi connectivity index (χ0v) is 8.06. The summed E-state index contributed by atoms with van der Waals surface area (Å²) in [5.74, 6) is 1.02. The van der Waals surface area contributed by atoms with Gasteiger partial charge in [-0.25, -0.2) is 0 Å². The molecule has 1 saturated heterocycles. The summed E-state index contributed by atoms with van der Waals surface area (Å²) in [7, 11) is 2.11. The van der Waals surface area contributed by atoms with Crippen LogP contribution in [0.2, 0.25) is 0 Å². The van der Waals surface area contributed by atoms with Gasteiger partial charge in [-0.1, -0.05) is 0 Å². The molecule has 3 nitrogen and oxygen atoms in total. The maximum atomic E-state index is 5.35. The highest BCUT2D eigenvalue weighted by Gasteiger charge is 2.27. The highest BCUT2D eigenvalue weighted by Crippen LogP contribution is 2.23. The predicted octanol–water partition coefficient (Wildman–Crippen LogP) is 1.67. The molecule has 0 aromatic carbocycles. The van der Waals surface area contributed by atoms with E-state index in [-0.39, 0.29) is 0 Å². The number of furan rings is 1. The molecule has 1 atom stereocenters. The van der Waals surface area contributed by atoms with E-state index in [9.17, 15) is 0 Å². The van der Waals surface area contributed by atoms with Crippen molar-refractivity contribution in [3.63, 3.8) is 0 Å². The summed E-state index contributed by atoms with van der Waals surface area (Å²) in [4.78, 5) is 2.29. The van der Waals surface area contributed by atoms with Crippen LogP contribution in [-0.4, -0.2) is 31.2 Å². The topological polar surface area (TPSA) is 25.6 Å². The minimum Gasteiger partial charge on any atom is -0.468 e. The van der Waals surface area contributed by atoms with Crippen LogP contribution < -0.4 is 0 Å². The van der Waals surface area contributed by atoms with Crippen LogP contribution in [0.25, 0.3) is 0 Å².